The number of carbonyl (C=O) groups excluding carboxylic acids is 1. The second kappa shape index (κ2) is 7.00. The molecule has 0 aromatic heterocycles. The van der Waals surface area contributed by atoms with E-state index in [1.54, 1.807) is 6.07 Å². The van der Waals surface area contributed by atoms with Gasteiger partial charge in [0.05, 0.1) is 9.40 Å². The Morgan fingerprint density at radius 2 is 2.05 bits per heavy atom. The first-order valence-electron chi connectivity index (χ1n) is 6.49. The van der Waals surface area contributed by atoms with Crippen LogP contribution in [0.5, 0.6) is 0 Å². The first-order valence-corrected chi connectivity index (χ1v) is 7.28. The van der Waals surface area contributed by atoms with E-state index in [0.29, 0.717) is 11.0 Å². The molecular formula is C14H20BrN3O3. The van der Waals surface area contributed by atoms with Crippen LogP contribution in [0, 0.1) is 15.5 Å². The number of nitro benzene ring substituents is 1. The number of rotatable bonds is 6. The average molecular weight is 358 g/mol. The Balaban J connectivity index is 2.77. The van der Waals surface area contributed by atoms with E-state index < -0.39 is 4.92 Å². The molecule has 0 aliphatic carbocycles. The summed E-state index contributed by atoms with van der Waals surface area (Å²) in [5.41, 5.74) is 0.0845. The molecule has 1 N–H and O–H groups in total. The molecule has 116 valence electrons. The fourth-order valence-corrected chi connectivity index (χ4v) is 2.52. The highest BCUT2D eigenvalue weighted by atomic mass is 79.9. The number of nitrogens with one attached hydrogen (secondary N) is 1. The van der Waals surface area contributed by atoms with E-state index in [2.05, 4.69) is 40.0 Å². The lowest BCUT2D eigenvalue weighted by atomic mass is 9.93. The standard InChI is InChI=1S/C14H20BrN3O3/c1-14(2,9-17(3)4)8-16-13(19)10-5-6-11(15)12(7-10)18(20)21/h5-7H,8-9H2,1-4H3,(H,16,19). The molecule has 1 aromatic rings. The van der Waals surface area contributed by atoms with Crippen molar-refractivity contribution in [3.63, 3.8) is 0 Å². The molecule has 7 heteroatoms. The van der Waals surface area contributed by atoms with Gasteiger partial charge in [-0.1, -0.05) is 13.8 Å². The van der Waals surface area contributed by atoms with E-state index in [9.17, 15) is 14.9 Å². The van der Waals surface area contributed by atoms with Crippen molar-refractivity contribution in [2.24, 2.45) is 5.41 Å². The van der Waals surface area contributed by atoms with Gasteiger partial charge in [-0.15, -0.1) is 0 Å². The Labute approximate surface area is 132 Å². The summed E-state index contributed by atoms with van der Waals surface area (Å²) in [6.45, 7) is 5.43. The second-order valence-electron chi connectivity index (χ2n) is 6.01. The van der Waals surface area contributed by atoms with E-state index in [4.69, 9.17) is 0 Å². The van der Waals surface area contributed by atoms with Gasteiger partial charge in [-0.05, 0) is 47.6 Å². The third-order valence-electron chi connectivity index (χ3n) is 2.88. The van der Waals surface area contributed by atoms with E-state index in [0.717, 1.165) is 6.54 Å². The summed E-state index contributed by atoms with van der Waals surface area (Å²) >= 11 is 3.10. The van der Waals surface area contributed by atoms with Gasteiger partial charge in [0.1, 0.15) is 0 Å². The third kappa shape index (κ3) is 5.43. The van der Waals surface area contributed by atoms with Gasteiger partial charge in [0.15, 0.2) is 0 Å². The summed E-state index contributed by atoms with van der Waals surface area (Å²) in [7, 11) is 3.95. The van der Waals surface area contributed by atoms with E-state index in [1.807, 2.05) is 14.1 Å². The zero-order chi connectivity index (χ0) is 16.2. The Morgan fingerprint density at radius 3 is 2.57 bits per heavy atom. The molecular weight excluding hydrogens is 338 g/mol. The molecule has 1 aromatic carbocycles. The molecule has 1 amide bonds. The van der Waals surface area contributed by atoms with Gasteiger partial charge in [0.2, 0.25) is 0 Å². The number of carbonyl (C=O) groups is 1. The van der Waals surface area contributed by atoms with Gasteiger partial charge >= 0.3 is 0 Å². The van der Waals surface area contributed by atoms with Crippen LogP contribution in [0.25, 0.3) is 0 Å². The summed E-state index contributed by atoms with van der Waals surface area (Å²) in [4.78, 5) is 24.5. The predicted molar refractivity (Wildman–Crippen MR) is 85.5 cm³/mol. The summed E-state index contributed by atoms with van der Waals surface area (Å²) in [6.07, 6.45) is 0. The largest absolute Gasteiger partial charge is 0.351 e. The van der Waals surface area contributed by atoms with Crippen LogP contribution in [0.15, 0.2) is 22.7 Å². The van der Waals surface area contributed by atoms with Gasteiger partial charge in [-0.25, -0.2) is 0 Å². The van der Waals surface area contributed by atoms with Gasteiger partial charge in [-0.2, -0.15) is 0 Å². The zero-order valence-electron chi connectivity index (χ0n) is 12.6. The van der Waals surface area contributed by atoms with Gasteiger partial charge in [-0.3, -0.25) is 14.9 Å². The van der Waals surface area contributed by atoms with E-state index in [1.165, 1.54) is 12.1 Å². The highest BCUT2D eigenvalue weighted by molar-refractivity contribution is 9.10. The number of hydrogen-bond donors (Lipinski definition) is 1. The lowest BCUT2D eigenvalue weighted by Gasteiger charge is -2.28. The summed E-state index contributed by atoms with van der Waals surface area (Å²) < 4.78 is 0.358. The minimum absolute atomic E-state index is 0.0829. The van der Waals surface area contributed by atoms with Crippen LogP contribution >= 0.6 is 15.9 Å². The molecule has 0 heterocycles. The van der Waals surface area contributed by atoms with E-state index in [-0.39, 0.29) is 22.6 Å². The highest BCUT2D eigenvalue weighted by Crippen LogP contribution is 2.25. The molecule has 0 aliphatic heterocycles. The SMILES string of the molecule is CN(C)CC(C)(C)CNC(=O)c1ccc(Br)c([N+](=O)[O-])c1. The summed E-state index contributed by atoms with van der Waals surface area (Å²) in [5, 5.41) is 13.7. The molecule has 0 spiro atoms. The van der Waals surface area contributed by atoms with Crippen molar-refractivity contribution >= 4 is 27.5 Å². The van der Waals surface area contributed by atoms with Crippen LogP contribution in [0.4, 0.5) is 5.69 Å². The first kappa shape index (κ1) is 17.6. The van der Waals surface area contributed by atoms with Crippen LogP contribution in [-0.4, -0.2) is 42.9 Å². The maximum Gasteiger partial charge on any atom is 0.284 e. The molecule has 0 unspecified atom stereocenters. The van der Waals surface area contributed by atoms with Crippen LogP contribution in [0.3, 0.4) is 0 Å². The van der Waals surface area contributed by atoms with E-state index >= 15 is 0 Å². The fraction of sp³-hybridized carbons (Fsp3) is 0.500. The summed E-state index contributed by atoms with van der Waals surface area (Å²) in [5.74, 6) is -0.308. The van der Waals surface area contributed by atoms with Crippen molar-refractivity contribution in [2.45, 2.75) is 13.8 Å². The number of halogens is 1. The molecule has 0 bridgehead atoms. The fourth-order valence-electron chi connectivity index (χ4n) is 2.13. The number of benzene rings is 1. The lowest BCUT2D eigenvalue weighted by molar-refractivity contribution is -0.385. The molecule has 6 nitrogen and oxygen atoms in total. The van der Waals surface area contributed by atoms with Gasteiger partial charge < -0.3 is 10.2 Å². The number of nitro groups is 1. The van der Waals surface area contributed by atoms with Crippen molar-refractivity contribution in [1.29, 1.82) is 0 Å². The average Bonchev–Trinajstić information content (AvgIpc) is 2.34. The molecule has 0 fully saturated rings. The monoisotopic (exact) mass is 357 g/mol. The third-order valence-corrected chi connectivity index (χ3v) is 3.55. The predicted octanol–water partition coefficient (Wildman–Crippen LogP) is 2.67. The Bertz CT molecular complexity index is 544. The molecule has 21 heavy (non-hydrogen) atoms. The van der Waals surface area contributed by atoms with Crippen LogP contribution in [0.1, 0.15) is 24.2 Å². The van der Waals surface area contributed by atoms with Crippen molar-refractivity contribution in [1.82, 2.24) is 10.2 Å². The van der Waals surface area contributed by atoms with Crippen molar-refractivity contribution < 1.29 is 9.72 Å². The number of nitrogens with zero attached hydrogens (tertiary/aromatic N) is 2. The quantitative estimate of drug-likeness (QED) is 0.627. The van der Waals surface area contributed by atoms with Crippen LogP contribution < -0.4 is 5.32 Å². The van der Waals surface area contributed by atoms with Crippen molar-refractivity contribution in [3.8, 4) is 0 Å². The summed E-state index contributed by atoms with van der Waals surface area (Å²) in [6, 6.07) is 4.35. The molecule has 0 radical (unpaired) electrons. The maximum absolute atomic E-state index is 12.1. The van der Waals surface area contributed by atoms with Gasteiger partial charge in [0.25, 0.3) is 11.6 Å². The topological polar surface area (TPSA) is 75.5 Å². The Morgan fingerprint density at radius 1 is 1.43 bits per heavy atom. The highest BCUT2D eigenvalue weighted by Gasteiger charge is 2.21. The van der Waals surface area contributed by atoms with Crippen LogP contribution in [0.2, 0.25) is 0 Å². The smallest absolute Gasteiger partial charge is 0.284 e. The molecule has 0 atom stereocenters. The zero-order valence-corrected chi connectivity index (χ0v) is 14.2. The number of amides is 1. The normalized spacial score (nSPS) is 11.5. The molecule has 1 rings (SSSR count). The van der Waals surface area contributed by atoms with Crippen molar-refractivity contribution in [2.75, 3.05) is 27.2 Å². The molecule has 0 saturated heterocycles. The minimum atomic E-state index is -0.517. The lowest BCUT2D eigenvalue weighted by Crippen LogP contribution is -2.39. The minimum Gasteiger partial charge on any atom is -0.351 e. The Kier molecular flexibility index (Phi) is 5.86. The Hall–Kier alpha value is -1.47. The van der Waals surface area contributed by atoms with Crippen molar-refractivity contribution in [3.05, 3.63) is 38.3 Å². The number of hydrogen-bond acceptors (Lipinski definition) is 4. The van der Waals surface area contributed by atoms with Gasteiger partial charge in [0, 0.05) is 24.7 Å². The van der Waals surface area contributed by atoms with Crippen LogP contribution in [-0.2, 0) is 0 Å². The molecule has 0 saturated carbocycles. The second-order valence-corrected chi connectivity index (χ2v) is 6.86. The molecule has 0 aliphatic rings. The first-order chi connectivity index (χ1) is 9.62. The maximum atomic E-state index is 12.1.